The zero-order valence-corrected chi connectivity index (χ0v) is 11.7. The molecule has 2 nitrogen and oxygen atoms in total. The van der Waals surface area contributed by atoms with Crippen molar-refractivity contribution in [2.24, 2.45) is 0 Å². The van der Waals surface area contributed by atoms with Crippen LogP contribution in [0.4, 0.5) is 4.39 Å². The summed E-state index contributed by atoms with van der Waals surface area (Å²) in [6, 6.07) is 4.76. The van der Waals surface area contributed by atoms with E-state index in [9.17, 15) is 4.39 Å². The van der Waals surface area contributed by atoms with Crippen molar-refractivity contribution in [3.05, 3.63) is 34.6 Å². The molecule has 1 aliphatic heterocycles. The molecule has 1 aromatic rings. The average Bonchev–Trinajstić information content (AvgIpc) is 2.44. The minimum Gasteiger partial charge on any atom is -0.310 e. The molecule has 100 valence electrons. The number of nitrogens with zero attached hydrogens (tertiary/aromatic N) is 1. The lowest BCUT2D eigenvalue weighted by Gasteiger charge is -2.30. The van der Waals surface area contributed by atoms with Gasteiger partial charge in [0.1, 0.15) is 5.82 Å². The molecule has 2 rings (SSSR count). The number of halogens is 2. The Labute approximate surface area is 113 Å². The molecule has 4 heteroatoms. The molecule has 1 heterocycles. The molecule has 0 amide bonds. The van der Waals surface area contributed by atoms with E-state index < -0.39 is 0 Å². The van der Waals surface area contributed by atoms with Gasteiger partial charge in [-0.2, -0.15) is 0 Å². The van der Waals surface area contributed by atoms with Crippen molar-refractivity contribution in [2.75, 3.05) is 19.6 Å². The van der Waals surface area contributed by atoms with Gasteiger partial charge in [-0.25, -0.2) is 4.39 Å². The number of hydrogen-bond acceptors (Lipinski definition) is 2. The van der Waals surface area contributed by atoms with E-state index in [-0.39, 0.29) is 11.4 Å². The van der Waals surface area contributed by atoms with E-state index in [1.54, 1.807) is 12.1 Å². The number of hydrogen-bond donors (Lipinski definition) is 1. The smallest absolute Gasteiger partial charge is 0.127 e. The van der Waals surface area contributed by atoms with Crippen molar-refractivity contribution >= 4 is 11.6 Å². The van der Waals surface area contributed by atoms with Gasteiger partial charge >= 0.3 is 0 Å². The highest BCUT2D eigenvalue weighted by molar-refractivity contribution is 6.30. The van der Waals surface area contributed by atoms with Gasteiger partial charge in [0.05, 0.1) is 0 Å². The third-order valence-electron chi connectivity index (χ3n) is 3.28. The van der Waals surface area contributed by atoms with Crippen molar-refractivity contribution < 1.29 is 4.39 Å². The maximum Gasteiger partial charge on any atom is 0.127 e. The van der Waals surface area contributed by atoms with E-state index in [4.69, 9.17) is 11.6 Å². The van der Waals surface area contributed by atoms with Gasteiger partial charge in [-0.05, 0) is 51.6 Å². The lowest BCUT2D eigenvalue weighted by Crippen LogP contribution is -2.46. The van der Waals surface area contributed by atoms with E-state index in [0.29, 0.717) is 17.1 Å². The molecule has 0 radical (unpaired) electrons. The summed E-state index contributed by atoms with van der Waals surface area (Å²) in [5.41, 5.74) is 0.756. The molecule has 1 N–H and O–H groups in total. The lowest BCUT2D eigenvalue weighted by atomic mass is 10.1. The minimum atomic E-state index is -0.172. The lowest BCUT2D eigenvalue weighted by molar-refractivity contribution is 0.221. The van der Waals surface area contributed by atoms with E-state index in [0.717, 1.165) is 26.1 Å². The summed E-state index contributed by atoms with van der Waals surface area (Å²) in [7, 11) is 0. The van der Waals surface area contributed by atoms with Crippen LogP contribution in [0.1, 0.15) is 25.8 Å². The van der Waals surface area contributed by atoms with E-state index in [2.05, 4.69) is 24.1 Å². The summed E-state index contributed by atoms with van der Waals surface area (Å²) in [5.74, 6) is -0.172. The summed E-state index contributed by atoms with van der Waals surface area (Å²) in [6.07, 6.45) is 1.09. The first-order valence-corrected chi connectivity index (χ1v) is 6.75. The highest BCUT2D eigenvalue weighted by atomic mass is 35.5. The van der Waals surface area contributed by atoms with Gasteiger partial charge in [-0.15, -0.1) is 0 Å². The Morgan fingerprint density at radius 2 is 2.22 bits per heavy atom. The fraction of sp³-hybridized carbons (Fsp3) is 0.571. The monoisotopic (exact) mass is 270 g/mol. The normalized spacial score (nSPS) is 20.7. The van der Waals surface area contributed by atoms with Crippen molar-refractivity contribution in [1.29, 1.82) is 0 Å². The van der Waals surface area contributed by atoms with Crippen LogP contribution in [-0.4, -0.2) is 30.1 Å². The summed E-state index contributed by atoms with van der Waals surface area (Å²) < 4.78 is 13.7. The Kier molecular flexibility index (Phi) is 4.25. The zero-order valence-electron chi connectivity index (χ0n) is 11.0. The molecule has 0 aliphatic carbocycles. The molecule has 1 saturated heterocycles. The van der Waals surface area contributed by atoms with Gasteiger partial charge in [-0.3, -0.25) is 4.90 Å². The van der Waals surface area contributed by atoms with Gasteiger partial charge in [0.2, 0.25) is 0 Å². The molecule has 0 bridgehead atoms. The Hall–Kier alpha value is -0.640. The second-order valence-electron chi connectivity index (χ2n) is 5.61. The Balaban J connectivity index is 2.10. The maximum atomic E-state index is 13.7. The standard InChI is InChI=1S/C14H20ClFN2/c1-14(2)10-18(7-3-6-17-14)9-11-8-12(15)4-5-13(11)16/h4-5,8,17H,3,6-7,9-10H2,1-2H3. The zero-order chi connectivity index (χ0) is 13.2. The highest BCUT2D eigenvalue weighted by Crippen LogP contribution is 2.19. The average molecular weight is 271 g/mol. The van der Waals surface area contributed by atoms with E-state index in [1.165, 1.54) is 6.07 Å². The second-order valence-corrected chi connectivity index (χ2v) is 6.05. The van der Waals surface area contributed by atoms with Crippen LogP contribution >= 0.6 is 11.6 Å². The van der Waals surface area contributed by atoms with E-state index >= 15 is 0 Å². The first-order chi connectivity index (χ1) is 8.46. The van der Waals surface area contributed by atoms with Gasteiger partial charge in [-0.1, -0.05) is 11.6 Å². The molecule has 0 saturated carbocycles. The number of benzene rings is 1. The predicted molar refractivity (Wildman–Crippen MR) is 73.4 cm³/mol. The minimum absolute atomic E-state index is 0.0750. The van der Waals surface area contributed by atoms with Gasteiger partial charge in [0.15, 0.2) is 0 Å². The molecule has 1 fully saturated rings. The Bertz CT molecular complexity index is 420. The summed E-state index contributed by atoms with van der Waals surface area (Å²) in [6.45, 7) is 7.90. The highest BCUT2D eigenvalue weighted by Gasteiger charge is 2.24. The van der Waals surface area contributed by atoms with Gasteiger partial charge in [0.25, 0.3) is 0 Å². The third-order valence-corrected chi connectivity index (χ3v) is 3.51. The SMILES string of the molecule is CC1(C)CN(Cc2cc(Cl)ccc2F)CCCN1. The van der Waals surface area contributed by atoms with Crippen molar-refractivity contribution in [1.82, 2.24) is 10.2 Å². The Morgan fingerprint density at radius 3 is 3.00 bits per heavy atom. The third kappa shape index (κ3) is 3.67. The molecular formula is C14H20ClFN2. The van der Waals surface area contributed by atoms with E-state index in [1.807, 2.05) is 0 Å². The quantitative estimate of drug-likeness (QED) is 0.889. The molecule has 0 atom stereocenters. The molecule has 18 heavy (non-hydrogen) atoms. The van der Waals surface area contributed by atoms with Gasteiger partial charge in [0, 0.05) is 29.2 Å². The van der Waals surface area contributed by atoms with Crippen LogP contribution in [0.3, 0.4) is 0 Å². The second kappa shape index (κ2) is 5.55. The largest absolute Gasteiger partial charge is 0.310 e. The van der Waals surface area contributed by atoms with Crippen LogP contribution in [-0.2, 0) is 6.54 Å². The van der Waals surface area contributed by atoms with Crippen LogP contribution in [0.25, 0.3) is 0 Å². The maximum absolute atomic E-state index is 13.7. The summed E-state index contributed by atoms with van der Waals surface area (Å²) in [4.78, 5) is 2.29. The van der Waals surface area contributed by atoms with Crippen LogP contribution < -0.4 is 5.32 Å². The topological polar surface area (TPSA) is 15.3 Å². The molecule has 0 aromatic heterocycles. The van der Waals surface area contributed by atoms with Crippen LogP contribution in [0, 0.1) is 5.82 Å². The van der Waals surface area contributed by atoms with Crippen LogP contribution in [0.2, 0.25) is 5.02 Å². The molecule has 1 aromatic carbocycles. The molecule has 0 spiro atoms. The van der Waals surface area contributed by atoms with Crippen molar-refractivity contribution in [2.45, 2.75) is 32.4 Å². The van der Waals surface area contributed by atoms with Crippen molar-refractivity contribution in [3.63, 3.8) is 0 Å². The summed E-state index contributed by atoms with van der Waals surface area (Å²) >= 11 is 5.93. The fourth-order valence-electron chi connectivity index (χ4n) is 2.46. The van der Waals surface area contributed by atoms with Crippen molar-refractivity contribution in [3.8, 4) is 0 Å². The van der Waals surface area contributed by atoms with Gasteiger partial charge < -0.3 is 5.32 Å². The fourth-order valence-corrected chi connectivity index (χ4v) is 2.66. The van der Waals surface area contributed by atoms with Crippen LogP contribution in [0.15, 0.2) is 18.2 Å². The first-order valence-electron chi connectivity index (χ1n) is 6.38. The molecule has 1 aliphatic rings. The Morgan fingerprint density at radius 1 is 1.44 bits per heavy atom. The molecular weight excluding hydrogens is 251 g/mol. The first kappa shape index (κ1) is 13.8. The number of rotatable bonds is 2. The summed E-state index contributed by atoms with van der Waals surface area (Å²) in [5, 5.41) is 4.10. The molecule has 0 unspecified atom stereocenters. The predicted octanol–water partition coefficient (Wildman–Crippen LogP) is 3.05. The number of nitrogens with one attached hydrogen (secondary N) is 1. The van der Waals surface area contributed by atoms with Crippen LogP contribution in [0.5, 0.6) is 0 Å².